The van der Waals surface area contributed by atoms with Crippen molar-refractivity contribution >= 4 is 28.4 Å². The lowest BCUT2D eigenvalue weighted by Crippen LogP contribution is -2.29. The lowest BCUT2D eigenvalue weighted by Gasteiger charge is -2.10. The van der Waals surface area contributed by atoms with Crippen LogP contribution in [0.2, 0.25) is 5.02 Å². The summed E-state index contributed by atoms with van der Waals surface area (Å²) in [7, 11) is 1.69. The molecular formula is C18H14ClFN2O2. The van der Waals surface area contributed by atoms with Crippen LogP contribution < -0.4 is 10.9 Å². The Morgan fingerprint density at radius 2 is 1.96 bits per heavy atom. The van der Waals surface area contributed by atoms with Crippen molar-refractivity contribution in [3.63, 3.8) is 0 Å². The standard InChI is InChI=1S/C18H14ClFN2O2/c1-22-16-5-3-2-4-11(16)8-12(18(22)24)10-21-17(23)14-7-6-13(20)9-15(14)19/h2-9H,10H2,1H3,(H,21,23). The maximum Gasteiger partial charge on any atom is 0.255 e. The van der Waals surface area contributed by atoms with Gasteiger partial charge in [-0.25, -0.2) is 4.39 Å². The van der Waals surface area contributed by atoms with Gasteiger partial charge in [-0.2, -0.15) is 0 Å². The Balaban J connectivity index is 1.87. The molecule has 4 nitrogen and oxygen atoms in total. The molecule has 0 saturated carbocycles. The molecule has 122 valence electrons. The molecule has 2 aromatic carbocycles. The van der Waals surface area contributed by atoms with Crippen LogP contribution >= 0.6 is 11.6 Å². The molecule has 24 heavy (non-hydrogen) atoms. The number of hydrogen-bond donors (Lipinski definition) is 1. The fourth-order valence-electron chi connectivity index (χ4n) is 2.56. The SMILES string of the molecule is Cn1c(=O)c(CNC(=O)c2ccc(F)cc2Cl)cc2ccccc21. The molecule has 0 saturated heterocycles. The number of halogens is 2. The van der Waals surface area contributed by atoms with Gasteiger partial charge in [-0.1, -0.05) is 29.8 Å². The van der Waals surface area contributed by atoms with Crippen molar-refractivity contribution in [3.8, 4) is 0 Å². The van der Waals surface area contributed by atoms with Crippen LogP contribution in [0.5, 0.6) is 0 Å². The van der Waals surface area contributed by atoms with E-state index < -0.39 is 11.7 Å². The Labute approximate surface area is 142 Å². The third-order valence-corrected chi connectivity index (χ3v) is 4.14. The van der Waals surface area contributed by atoms with Gasteiger partial charge in [-0.15, -0.1) is 0 Å². The van der Waals surface area contributed by atoms with E-state index >= 15 is 0 Å². The molecule has 1 amide bonds. The van der Waals surface area contributed by atoms with E-state index in [1.54, 1.807) is 17.7 Å². The summed E-state index contributed by atoms with van der Waals surface area (Å²) in [4.78, 5) is 24.6. The maximum absolute atomic E-state index is 13.0. The number of rotatable bonds is 3. The number of nitrogens with one attached hydrogen (secondary N) is 1. The van der Waals surface area contributed by atoms with Crippen molar-refractivity contribution in [2.45, 2.75) is 6.54 Å². The normalized spacial score (nSPS) is 10.8. The molecule has 1 N–H and O–H groups in total. The number of carbonyl (C=O) groups excluding carboxylic acids is 1. The molecule has 0 spiro atoms. The fourth-order valence-corrected chi connectivity index (χ4v) is 2.81. The van der Waals surface area contributed by atoms with Crippen molar-refractivity contribution < 1.29 is 9.18 Å². The molecule has 3 aromatic rings. The smallest absolute Gasteiger partial charge is 0.255 e. The summed E-state index contributed by atoms with van der Waals surface area (Å²) in [6.07, 6.45) is 0. The van der Waals surface area contributed by atoms with E-state index in [0.717, 1.165) is 23.0 Å². The van der Waals surface area contributed by atoms with Crippen LogP contribution in [0.15, 0.2) is 53.3 Å². The second-order valence-electron chi connectivity index (χ2n) is 5.40. The average Bonchev–Trinajstić information content (AvgIpc) is 2.56. The van der Waals surface area contributed by atoms with Crippen molar-refractivity contribution in [2.24, 2.45) is 7.05 Å². The predicted molar refractivity (Wildman–Crippen MR) is 91.8 cm³/mol. The number of aromatic nitrogens is 1. The van der Waals surface area contributed by atoms with Gasteiger partial charge < -0.3 is 9.88 Å². The molecule has 3 rings (SSSR count). The third-order valence-electron chi connectivity index (χ3n) is 3.82. The minimum Gasteiger partial charge on any atom is -0.348 e. The molecule has 0 atom stereocenters. The first-order valence-electron chi connectivity index (χ1n) is 7.28. The number of carbonyl (C=O) groups is 1. The minimum absolute atomic E-state index is 0.0268. The van der Waals surface area contributed by atoms with E-state index in [9.17, 15) is 14.0 Å². The number of aryl methyl sites for hydroxylation is 1. The number of amides is 1. The second kappa shape index (κ2) is 6.45. The lowest BCUT2D eigenvalue weighted by atomic mass is 10.1. The maximum atomic E-state index is 13.0. The first kappa shape index (κ1) is 16.2. The van der Waals surface area contributed by atoms with Crippen molar-refractivity contribution in [1.82, 2.24) is 9.88 Å². The zero-order valence-corrected chi connectivity index (χ0v) is 13.6. The van der Waals surface area contributed by atoms with Crippen LogP contribution in [-0.2, 0) is 13.6 Å². The largest absolute Gasteiger partial charge is 0.348 e. The van der Waals surface area contributed by atoms with Gasteiger partial charge in [0.1, 0.15) is 5.82 Å². The minimum atomic E-state index is -0.514. The summed E-state index contributed by atoms with van der Waals surface area (Å²) in [5, 5.41) is 3.58. The Bertz CT molecular complexity index is 998. The highest BCUT2D eigenvalue weighted by atomic mass is 35.5. The summed E-state index contributed by atoms with van der Waals surface area (Å²) in [6.45, 7) is 0.0596. The number of pyridine rings is 1. The van der Waals surface area contributed by atoms with E-state index in [4.69, 9.17) is 11.6 Å². The first-order valence-corrected chi connectivity index (χ1v) is 7.66. The predicted octanol–water partition coefficient (Wildman–Crippen LogP) is 3.26. The molecule has 1 aromatic heterocycles. The van der Waals surface area contributed by atoms with Crippen LogP contribution in [0, 0.1) is 5.82 Å². The number of para-hydroxylation sites is 1. The number of fused-ring (bicyclic) bond motifs is 1. The summed E-state index contributed by atoms with van der Waals surface area (Å²) in [5.41, 5.74) is 1.26. The van der Waals surface area contributed by atoms with E-state index in [1.165, 1.54) is 6.07 Å². The van der Waals surface area contributed by atoms with Crippen molar-refractivity contribution in [3.05, 3.63) is 80.9 Å². The van der Waals surface area contributed by atoms with Crippen LogP contribution in [0.4, 0.5) is 4.39 Å². The molecule has 0 aliphatic rings. The number of benzene rings is 2. The highest BCUT2D eigenvalue weighted by Crippen LogP contribution is 2.17. The number of hydrogen-bond acceptors (Lipinski definition) is 2. The Hall–Kier alpha value is -2.66. The molecule has 0 radical (unpaired) electrons. The molecule has 0 unspecified atom stereocenters. The lowest BCUT2D eigenvalue weighted by molar-refractivity contribution is 0.0951. The van der Waals surface area contributed by atoms with Crippen LogP contribution in [-0.4, -0.2) is 10.5 Å². The van der Waals surface area contributed by atoms with E-state index in [-0.39, 0.29) is 22.7 Å². The molecule has 0 aliphatic heterocycles. The Morgan fingerprint density at radius 1 is 1.21 bits per heavy atom. The molecular weight excluding hydrogens is 331 g/mol. The average molecular weight is 345 g/mol. The van der Waals surface area contributed by atoms with Gasteiger partial charge in [0.15, 0.2) is 0 Å². The third kappa shape index (κ3) is 3.03. The van der Waals surface area contributed by atoms with Crippen LogP contribution in [0.25, 0.3) is 10.9 Å². The molecule has 0 bridgehead atoms. The molecule has 1 heterocycles. The molecule has 6 heteroatoms. The van der Waals surface area contributed by atoms with Gasteiger partial charge in [-0.3, -0.25) is 9.59 Å². The van der Waals surface area contributed by atoms with Crippen LogP contribution in [0.1, 0.15) is 15.9 Å². The van der Waals surface area contributed by atoms with Crippen LogP contribution in [0.3, 0.4) is 0 Å². The zero-order valence-electron chi connectivity index (χ0n) is 12.8. The number of nitrogens with zero attached hydrogens (tertiary/aromatic N) is 1. The highest BCUT2D eigenvalue weighted by molar-refractivity contribution is 6.33. The highest BCUT2D eigenvalue weighted by Gasteiger charge is 2.12. The van der Waals surface area contributed by atoms with Crippen molar-refractivity contribution in [2.75, 3.05) is 0 Å². The first-order chi connectivity index (χ1) is 11.5. The van der Waals surface area contributed by atoms with Crippen molar-refractivity contribution in [1.29, 1.82) is 0 Å². The Morgan fingerprint density at radius 3 is 2.71 bits per heavy atom. The summed E-state index contributed by atoms with van der Waals surface area (Å²) in [5.74, 6) is -0.977. The summed E-state index contributed by atoms with van der Waals surface area (Å²) >= 11 is 5.87. The van der Waals surface area contributed by atoms with E-state index in [0.29, 0.717) is 5.56 Å². The quantitative estimate of drug-likeness (QED) is 0.793. The Kier molecular flexibility index (Phi) is 4.36. The molecule has 0 fully saturated rings. The molecule has 0 aliphatic carbocycles. The second-order valence-corrected chi connectivity index (χ2v) is 5.81. The van der Waals surface area contributed by atoms with Gasteiger partial charge in [0, 0.05) is 19.2 Å². The zero-order chi connectivity index (χ0) is 17.3. The van der Waals surface area contributed by atoms with Gasteiger partial charge in [0.25, 0.3) is 11.5 Å². The van der Waals surface area contributed by atoms with Gasteiger partial charge >= 0.3 is 0 Å². The van der Waals surface area contributed by atoms with Gasteiger partial charge in [-0.05, 0) is 35.7 Å². The summed E-state index contributed by atoms with van der Waals surface area (Å²) < 4.78 is 14.6. The summed E-state index contributed by atoms with van der Waals surface area (Å²) in [6, 6.07) is 12.8. The fraction of sp³-hybridized carbons (Fsp3) is 0.111. The van der Waals surface area contributed by atoms with E-state index in [2.05, 4.69) is 5.32 Å². The van der Waals surface area contributed by atoms with Gasteiger partial charge in [0.2, 0.25) is 0 Å². The van der Waals surface area contributed by atoms with E-state index in [1.807, 2.05) is 24.3 Å². The topological polar surface area (TPSA) is 51.1 Å². The monoisotopic (exact) mass is 344 g/mol. The van der Waals surface area contributed by atoms with Gasteiger partial charge in [0.05, 0.1) is 16.1 Å².